The number of amides is 2. The van der Waals surface area contributed by atoms with Crippen LogP contribution in [-0.4, -0.2) is 24.4 Å². The van der Waals surface area contributed by atoms with Crippen LogP contribution in [0.4, 0.5) is 11.4 Å². The molecule has 1 heterocycles. The Bertz CT molecular complexity index is 1120. The number of hydrogen-bond acceptors (Lipinski definition) is 5. The molecule has 1 atom stereocenters. The fourth-order valence-electron chi connectivity index (χ4n) is 3.65. The van der Waals surface area contributed by atoms with Gasteiger partial charge in [0, 0.05) is 6.04 Å². The Balaban J connectivity index is 1.77. The summed E-state index contributed by atoms with van der Waals surface area (Å²) in [6.45, 7) is 3.94. The van der Waals surface area contributed by atoms with Crippen LogP contribution in [0.15, 0.2) is 72.8 Å². The van der Waals surface area contributed by atoms with Gasteiger partial charge in [0.1, 0.15) is 0 Å². The van der Waals surface area contributed by atoms with Crippen molar-refractivity contribution in [3.05, 3.63) is 95.1 Å². The average molecular weight is 414 g/mol. The second-order valence-corrected chi connectivity index (χ2v) is 7.22. The third-order valence-electron chi connectivity index (χ3n) is 5.22. The minimum Gasteiger partial charge on any atom is -0.462 e. The standard InChI is InChI=1S/C25H22N2O4/c1-3-31-25(30)18-13-14-21(26-16(2)17-9-5-4-6-10-17)22(15-18)27-23(28)19-11-7-8-12-20(19)24(27)29/h4-16,26H,3H2,1-2H3. The van der Waals surface area contributed by atoms with Gasteiger partial charge in [-0.1, -0.05) is 42.5 Å². The van der Waals surface area contributed by atoms with Crippen LogP contribution in [0.25, 0.3) is 0 Å². The quantitative estimate of drug-likeness (QED) is 0.462. The number of ether oxygens (including phenoxy) is 1. The third-order valence-corrected chi connectivity index (χ3v) is 5.22. The van der Waals surface area contributed by atoms with E-state index in [-0.39, 0.29) is 18.2 Å². The van der Waals surface area contributed by atoms with Gasteiger partial charge in [-0.15, -0.1) is 0 Å². The van der Waals surface area contributed by atoms with E-state index in [0.29, 0.717) is 22.5 Å². The van der Waals surface area contributed by atoms with Gasteiger partial charge in [0.2, 0.25) is 0 Å². The summed E-state index contributed by atoms with van der Waals surface area (Å²) in [7, 11) is 0. The van der Waals surface area contributed by atoms with Crippen molar-refractivity contribution < 1.29 is 19.1 Å². The summed E-state index contributed by atoms with van der Waals surface area (Å²) < 4.78 is 5.10. The summed E-state index contributed by atoms with van der Waals surface area (Å²) in [6.07, 6.45) is 0. The number of anilines is 2. The molecule has 0 fully saturated rings. The van der Waals surface area contributed by atoms with Gasteiger partial charge in [0.25, 0.3) is 11.8 Å². The second kappa shape index (κ2) is 8.44. The normalized spacial score (nSPS) is 13.7. The number of benzene rings is 3. The molecule has 3 aromatic rings. The number of carbonyl (C=O) groups excluding carboxylic acids is 3. The number of fused-ring (bicyclic) bond motifs is 1. The van der Waals surface area contributed by atoms with Crippen LogP contribution in [0, 0.1) is 0 Å². The molecule has 1 unspecified atom stereocenters. The Morgan fingerprint density at radius 3 is 2.16 bits per heavy atom. The number of esters is 1. The lowest BCUT2D eigenvalue weighted by molar-refractivity contribution is 0.0526. The molecule has 1 aliphatic rings. The summed E-state index contributed by atoms with van der Waals surface area (Å²) in [5.41, 5.74) is 2.89. The highest BCUT2D eigenvalue weighted by Crippen LogP contribution is 2.36. The van der Waals surface area contributed by atoms with Gasteiger partial charge in [0.15, 0.2) is 0 Å². The van der Waals surface area contributed by atoms with E-state index in [4.69, 9.17) is 4.74 Å². The van der Waals surface area contributed by atoms with Crippen molar-refractivity contribution in [1.82, 2.24) is 0 Å². The van der Waals surface area contributed by atoms with E-state index in [0.717, 1.165) is 10.5 Å². The van der Waals surface area contributed by atoms with Gasteiger partial charge in [-0.3, -0.25) is 9.59 Å². The van der Waals surface area contributed by atoms with Crippen molar-refractivity contribution in [2.75, 3.05) is 16.8 Å². The molecule has 0 radical (unpaired) electrons. The van der Waals surface area contributed by atoms with Crippen LogP contribution in [-0.2, 0) is 4.74 Å². The molecule has 0 bridgehead atoms. The zero-order valence-electron chi connectivity index (χ0n) is 17.3. The maximum atomic E-state index is 13.1. The van der Waals surface area contributed by atoms with Crippen molar-refractivity contribution in [2.24, 2.45) is 0 Å². The molecule has 6 heteroatoms. The number of imide groups is 1. The zero-order valence-corrected chi connectivity index (χ0v) is 17.3. The molecule has 1 N–H and O–H groups in total. The van der Waals surface area contributed by atoms with Crippen molar-refractivity contribution >= 4 is 29.2 Å². The monoisotopic (exact) mass is 414 g/mol. The minimum atomic E-state index is -0.511. The zero-order chi connectivity index (χ0) is 22.0. The van der Waals surface area contributed by atoms with Gasteiger partial charge in [0.05, 0.1) is 34.7 Å². The number of nitrogens with one attached hydrogen (secondary N) is 1. The fraction of sp³-hybridized carbons (Fsp3) is 0.160. The molecular formula is C25H22N2O4. The van der Waals surface area contributed by atoms with Crippen molar-refractivity contribution in [1.29, 1.82) is 0 Å². The average Bonchev–Trinajstić information content (AvgIpc) is 3.05. The molecule has 0 saturated heterocycles. The summed E-state index contributed by atoms with van der Waals surface area (Å²) in [6, 6.07) is 21.3. The van der Waals surface area contributed by atoms with Crippen LogP contribution in [0.5, 0.6) is 0 Å². The van der Waals surface area contributed by atoms with Crippen LogP contribution < -0.4 is 10.2 Å². The summed E-state index contributed by atoms with van der Waals surface area (Å²) in [5.74, 6) is -1.35. The molecule has 0 saturated carbocycles. The van der Waals surface area contributed by atoms with E-state index in [1.165, 1.54) is 6.07 Å². The van der Waals surface area contributed by atoms with Crippen molar-refractivity contribution in [2.45, 2.75) is 19.9 Å². The van der Waals surface area contributed by atoms with E-state index in [1.807, 2.05) is 37.3 Å². The van der Waals surface area contributed by atoms with Gasteiger partial charge in [-0.2, -0.15) is 0 Å². The fourth-order valence-corrected chi connectivity index (χ4v) is 3.65. The van der Waals surface area contributed by atoms with Crippen molar-refractivity contribution in [3.63, 3.8) is 0 Å². The van der Waals surface area contributed by atoms with Crippen LogP contribution in [0.2, 0.25) is 0 Å². The second-order valence-electron chi connectivity index (χ2n) is 7.22. The first-order chi connectivity index (χ1) is 15.0. The lowest BCUT2D eigenvalue weighted by atomic mass is 10.1. The predicted molar refractivity (Wildman–Crippen MR) is 118 cm³/mol. The number of hydrogen-bond donors (Lipinski definition) is 1. The van der Waals surface area contributed by atoms with Gasteiger partial charge in [-0.05, 0) is 49.7 Å². The Morgan fingerprint density at radius 2 is 1.55 bits per heavy atom. The van der Waals surface area contributed by atoms with E-state index in [1.54, 1.807) is 43.3 Å². The summed E-state index contributed by atoms with van der Waals surface area (Å²) in [4.78, 5) is 39.6. The lowest BCUT2D eigenvalue weighted by Crippen LogP contribution is -2.30. The number of carbonyl (C=O) groups is 3. The SMILES string of the molecule is CCOC(=O)c1ccc(NC(C)c2ccccc2)c(N2C(=O)c3ccccc3C2=O)c1. The molecule has 0 spiro atoms. The Labute approximate surface area is 180 Å². The van der Waals surface area contributed by atoms with Crippen LogP contribution >= 0.6 is 0 Å². The number of rotatable bonds is 6. The largest absolute Gasteiger partial charge is 0.462 e. The molecule has 2 amide bonds. The highest BCUT2D eigenvalue weighted by atomic mass is 16.5. The maximum absolute atomic E-state index is 13.1. The topological polar surface area (TPSA) is 75.7 Å². The maximum Gasteiger partial charge on any atom is 0.338 e. The lowest BCUT2D eigenvalue weighted by Gasteiger charge is -2.23. The Morgan fingerprint density at radius 1 is 0.935 bits per heavy atom. The molecule has 6 nitrogen and oxygen atoms in total. The highest BCUT2D eigenvalue weighted by Gasteiger charge is 2.38. The first kappa shape index (κ1) is 20.3. The molecule has 1 aliphatic heterocycles. The number of nitrogens with zero attached hydrogens (tertiary/aromatic N) is 1. The van der Waals surface area contributed by atoms with E-state index in [2.05, 4.69) is 5.32 Å². The smallest absolute Gasteiger partial charge is 0.338 e. The van der Waals surface area contributed by atoms with Crippen LogP contribution in [0.1, 0.15) is 56.5 Å². The molecule has 31 heavy (non-hydrogen) atoms. The predicted octanol–water partition coefficient (Wildman–Crippen LogP) is 4.84. The van der Waals surface area contributed by atoms with Gasteiger partial charge < -0.3 is 10.1 Å². The van der Waals surface area contributed by atoms with Gasteiger partial charge in [-0.25, -0.2) is 9.69 Å². The summed E-state index contributed by atoms with van der Waals surface area (Å²) >= 11 is 0. The highest BCUT2D eigenvalue weighted by molar-refractivity contribution is 6.35. The van der Waals surface area contributed by atoms with Gasteiger partial charge >= 0.3 is 5.97 Å². The molecule has 3 aromatic carbocycles. The first-order valence-corrected chi connectivity index (χ1v) is 10.1. The summed E-state index contributed by atoms with van der Waals surface area (Å²) in [5, 5.41) is 3.37. The van der Waals surface area contributed by atoms with E-state index in [9.17, 15) is 14.4 Å². The third kappa shape index (κ3) is 3.80. The van der Waals surface area contributed by atoms with Crippen LogP contribution in [0.3, 0.4) is 0 Å². The molecule has 156 valence electrons. The van der Waals surface area contributed by atoms with Crippen molar-refractivity contribution in [3.8, 4) is 0 Å². The Hall–Kier alpha value is -3.93. The minimum absolute atomic E-state index is 0.0939. The molecule has 0 aliphatic carbocycles. The Kier molecular flexibility index (Phi) is 5.54. The molecule has 4 rings (SSSR count). The van der Waals surface area contributed by atoms with E-state index >= 15 is 0 Å². The van der Waals surface area contributed by atoms with E-state index < -0.39 is 17.8 Å². The first-order valence-electron chi connectivity index (χ1n) is 10.1. The molecular weight excluding hydrogens is 392 g/mol. The molecule has 0 aromatic heterocycles.